The molecule has 3 aromatic rings. The molecule has 2 aromatic heterocycles. The van der Waals surface area contributed by atoms with Crippen LogP contribution in [0.1, 0.15) is 29.6 Å². The topological polar surface area (TPSA) is 78.4 Å². The van der Waals surface area contributed by atoms with E-state index in [1.54, 1.807) is 16.2 Å². The number of aromatic nitrogens is 2. The van der Waals surface area contributed by atoms with Gasteiger partial charge in [0.2, 0.25) is 5.91 Å². The van der Waals surface area contributed by atoms with Crippen molar-refractivity contribution in [1.82, 2.24) is 14.9 Å². The third-order valence-corrected chi connectivity index (χ3v) is 5.36. The Morgan fingerprint density at radius 2 is 2.26 bits per heavy atom. The number of hydrogen-bond acceptors (Lipinski definition) is 5. The number of rotatable bonds is 9. The van der Waals surface area contributed by atoms with Crippen molar-refractivity contribution in [1.29, 1.82) is 0 Å². The summed E-state index contributed by atoms with van der Waals surface area (Å²) in [6.45, 7) is 4.62. The molecule has 0 fully saturated rings. The number of ether oxygens (including phenoxy) is 1. The van der Waals surface area contributed by atoms with Crippen LogP contribution < -0.4 is 0 Å². The summed E-state index contributed by atoms with van der Waals surface area (Å²) in [5, 5.41) is 11.6. The largest absolute Gasteiger partial charge is 0.394 e. The highest BCUT2D eigenvalue weighted by Crippen LogP contribution is 2.17. The summed E-state index contributed by atoms with van der Waals surface area (Å²) >= 11 is 1.60. The Kier molecular flexibility index (Phi) is 6.60. The molecule has 0 spiro atoms. The number of aryl methyl sites for hydroxylation is 1. The number of aromatic amines is 1. The molecule has 0 aliphatic heterocycles. The first-order valence-corrected chi connectivity index (χ1v) is 9.94. The number of nitrogens with zero attached hydrogens (tertiary/aromatic N) is 2. The van der Waals surface area contributed by atoms with E-state index < -0.39 is 0 Å². The minimum absolute atomic E-state index is 0.0437. The lowest BCUT2D eigenvalue weighted by Crippen LogP contribution is -2.43. The minimum atomic E-state index is -0.211. The molecular weight excluding hydrogens is 362 g/mol. The fourth-order valence-electron chi connectivity index (χ4n) is 3.00. The molecule has 6 nitrogen and oxygen atoms in total. The first-order valence-electron chi connectivity index (χ1n) is 9.06. The standard InChI is InChI=1S/C20H25N3O3S/c1-3-15(11-24)23(10-16-5-4-8-27-16)20(25)13-26-12-19-21-17-7-6-14(2)9-18(17)22-19/h4-9,15,24H,3,10-13H2,1-2H3,(H,21,22)/t15-/m1/s1. The zero-order chi connectivity index (χ0) is 19.2. The van der Waals surface area contributed by atoms with Crippen molar-refractivity contribution in [3.63, 3.8) is 0 Å². The molecule has 0 unspecified atom stereocenters. The summed E-state index contributed by atoms with van der Waals surface area (Å²) in [6, 6.07) is 9.75. The maximum Gasteiger partial charge on any atom is 0.249 e. The van der Waals surface area contributed by atoms with Crippen LogP contribution >= 0.6 is 11.3 Å². The fourth-order valence-corrected chi connectivity index (χ4v) is 3.70. The second-order valence-electron chi connectivity index (χ2n) is 6.54. The lowest BCUT2D eigenvalue weighted by atomic mass is 10.2. The van der Waals surface area contributed by atoms with Crippen molar-refractivity contribution in [2.75, 3.05) is 13.2 Å². The van der Waals surface area contributed by atoms with Crippen molar-refractivity contribution in [2.45, 2.75) is 39.5 Å². The Bertz CT molecular complexity index is 872. The van der Waals surface area contributed by atoms with Gasteiger partial charge in [0.25, 0.3) is 0 Å². The highest BCUT2D eigenvalue weighted by molar-refractivity contribution is 7.09. The van der Waals surface area contributed by atoms with Crippen LogP contribution in [0.2, 0.25) is 0 Å². The van der Waals surface area contributed by atoms with Gasteiger partial charge in [-0.1, -0.05) is 19.1 Å². The molecule has 0 aliphatic carbocycles. The molecule has 144 valence electrons. The summed E-state index contributed by atoms with van der Waals surface area (Å²) in [6.07, 6.45) is 0.691. The Hall–Kier alpha value is -2.22. The number of nitrogens with one attached hydrogen (secondary N) is 1. The average Bonchev–Trinajstić information content (AvgIpc) is 3.30. The van der Waals surface area contributed by atoms with E-state index in [1.807, 2.05) is 49.6 Å². The van der Waals surface area contributed by atoms with E-state index in [2.05, 4.69) is 9.97 Å². The maximum atomic E-state index is 12.7. The second kappa shape index (κ2) is 9.12. The molecule has 0 aliphatic rings. The maximum absolute atomic E-state index is 12.7. The van der Waals surface area contributed by atoms with E-state index in [1.165, 1.54) is 0 Å². The molecule has 3 rings (SSSR count). The Morgan fingerprint density at radius 1 is 1.41 bits per heavy atom. The number of thiophene rings is 1. The molecule has 2 N–H and O–H groups in total. The first kappa shape index (κ1) is 19.5. The van der Waals surface area contributed by atoms with E-state index in [0.29, 0.717) is 18.8 Å². The lowest BCUT2D eigenvalue weighted by Gasteiger charge is -2.29. The SMILES string of the molecule is CC[C@H](CO)N(Cc1cccs1)C(=O)COCc1nc2ccc(C)cc2[nH]1. The second-order valence-corrected chi connectivity index (χ2v) is 7.57. The number of fused-ring (bicyclic) bond motifs is 1. The summed E-state index contributed by atoms with van der Waals surface area (Å²) in [5.74, 6) is 0.568. The summed E-state index contributed by atoms with van der Waals surface area (Å²) in [5.41, 5.74) is 3.01. The van der Waals surface area contributed by atoms with Gasteiger partial charge >= 0.3 is 0 Å². The van der Waals surface area contributed by atoms with Crippen molar-refractivity contribution in [2.24, 2.45) is 0 Å². The normalized spacial score (nSPS) is 12.4. The number of aliphatic hydroxyl groups excluding tert-OH is 1. The molecule has 27 heavy (non-hydrogen) atoms. The van der Waals surface area contributed by atoms with Gasteiger partial charge in [0.1, 0.15) is 19.0 Å². The molecule has 2 heterocycles. The molecule has 1 aromatic carbocycles. The van der Waals surface area contributed by atoms with Crippen LogP contribution in [0.3, 0.4) is 0 Å². The van der Waals surface area contributed by atoms with Crippen LogP contribution in [0.5, 0.6) is 0 Å². The summed E-state index contributed by atoms with van der Waals surface area (Å²) in [7, 11) is 0. The third-order valence-electron chi connectivity index (χ3n) is 4.50. The average molecular weight is 388 g/mol. The molecule has 0 saturated heterocycles. The smallest absolute Gasteiger partial charge is 0.249 e. The van der Waals surface area contributed by atoms with Crippen LogP contribution in [0.15, 0.2) is 35.7 Å². The first-order chi connectivity index (χ1) is 13.1. The zero-order valence-corrected chi connectivity index (χ0v) is 16.5. The van der Waals surface area contributed by atoms with Crippen LogP contribution in [-0.2, 0) is 22.7 Å². The van der Waals surface area contributed by atoms with Crippen LogP contribution in [-0.4, -0.2) is 45.1 Å². The van der Waals surface area contributed by atoms with Gasteiger partial charge in [-0.05, 0) is 42.5 Å². The molecule has 7 heteroatoms. The number of imidazole rings is 1. The lowest BCUT2D eigenvalue weighted by molar-refractivity contribution is -0.140. The van der Waals surface area contributed by atoms with Crippen LogP contribution in [0.4, 0.5) is 0 Å². The molecule has 0 bridgehead atoms. The van der Waals surface area contributed by atoms with E-state index in [9.17, 15) is 9.90 Å². The zero-order valence-electron chi connectivity index (χ0n) is 15.6. The predicted molar refractivity (Wildman–Crippen MR) is 107 cm³/mol. The van der Waals surface area contributed by atoms with Gasteiger partial charge in [0.05, 0.1) is 30.2 Å². The van der Waals surface area contributed by atoms with Gasteiger partial charge < -0.3 is 19.7 Å². The van der Waals surface area contributed by atoms with Crippen LogP contribution in [0, 0.1) is 6.92 Å². The van der Waals surface area contributed by atoms with E-state index in [4.69, 9.17) is 4.74 Å². The third kappa shape index (κ3) is 4.94. The van der Waals surface area contributed by atoms with E-state index >= 15 is 0 Å². The summed E-state index contributed by atoms with van der Waals surface area (Å²) < 4.78 is 5.62. The Balaban J connectivity index is 1.60. The highest BCUT2D eigenvalue weighted by atomic mass is 32.1. The minimum Gasteiger partial charge on any atom is -0.394 e. The molecule has 1 amide bonds. The van der Waals surface area contributed by atoms with Gasteiger partial charge in [-0.3, -0.25) is 4.79 Å². The van der Waals surface area contributed by atoms with Gasteiger partial charge in [-0.25, -0.2) is 4.98 Å². The predicted octanol–water partition coefficient (Wildman–Crippen LogP) is 3.25. The highest BCUT2D eigenvalue weighted by Gasteiger charge is 2.22. The van der Waals surface area contributed by atoms with E-state index in [-0.39, 0.29) is 31.8 Å². The number of aliphatic hydroxyl groups is 1. The molecule has 1 atom stereocenters. The van der Waals surface area contributed by atoms with E-state index in [0.717, 1.165) is 21.5 Å². The van der Waals surface area contributed by atoms with Crippen molar-refractivity contribution in [3.8, 4) is 0 Å². The number of amides is 1. The van der Waals surface area contributed by atoms with Gasteiger partial charge in [0.15, 0.2) is 0 Å². The van der Waals surface area contributed by atoms with Crippen molar-refractivity contribution in [3.05, 3.63) is 52.0 Å². The van der Waals surface area contributed by atoms with Gasteiger partial charge in [-0.2, -0.15) is 0 Å². The molecular formula is C20H25N3O3S. The monoisotopic (exact) mass is 387 g/mol. The van der Waals surface area contributed by atoms with Gasteiger partial charge in [-0.15, -0.1) is 11.3 Å². The molecule has 0 radical (unpaired) electrons. The fraction of sp³-hybridized carbons (Fsp3) is 0.400. The van der Waals surface area contributed by atoms with Gasteiger partial charge in [0, 0.05) is 4.88 Å². The Labute approximate surface area is 162 Å². The summed E-state index contributed by atoms with van der Waals surface area (Å²) in [4.78, 5) is 23.2. The number of benzene rings is 1. The quantitative estimate of drug-likeness (QED) is 0.591. The number of carbonyl (C=O) groups excluding carboxylic acids is 1. The van der Waals surface area contributed by atoms with Crippen molar-refractivity contribution >= 4 is 28.3 Å². The number of H-pyrrole nitrogens is 1. The number of hydrogen-bond donors (Lipinski definition) is 2. The Morgan fingerprint density at radius 3 is 2.96 bits per heavy atom. The number of carbonyl (C=O) groups is 1. The van der Waals surface area contributed by atoms with Crippen LogP contribution in [0.25, 0.3) is 11.0 Å². The van der Waals surface area contributed by atoms with Crippen molar-refractivity contribution < 1.29 is 14.6 Å². The molecule has 0 saturated carbocycles.